The molecule has 0 aliphatic carbocycles. The first kappa shape index (κ1) is 24.7. The van der Waals surface area contributed by atoms with Crippen molar-refractivity contribution in [3.63, 3.8) is 0 Å². The number of ether oxygens (including phenoxy) is 1. The van der Waals surface area contributed by atoms with Gasteiger partial charge in [0.1, 0.15) is 0 Å². The van der Waals surface area contributed by atoms with Gasteiger partial charge in [0, 0.05) is 0 Å². The van der Waals surface area contributed by atoms with Gasteiger partial charge in [-0.05, 0) is 44.0 Å². The Labute approximate surface area is 193 Å². The summed E-state index contributed by atoms with van der Waals surface area (Å²) in [6.07, 6.45) is -0.752. The van der Waals surface area contributed by atoms with E-state index in [0.29, 0.717) is 0 Å². The molecular formula is C22H26N2O7S2. The molecule has 1 fully saturated rings. The van der Waals surface area contributed by atoms with E-state index < -0.39 is 49.4 Å². The van der Waals surface area contributed by atoms with E-state index in [-0.39, 0.29) is 22.6 Å². The zero-order valence-corrected chi connectivity index (χ0v) is 20.1. The first-order valence-electron chi connectivity index (χ1n) is 10.4. The molecule has 2 aromatic rings. The highest BCUT2D eigenvalue weighted by atomic mass is 32.2. The average Bonchev–Trinajstić information content (AvgIpc) is 2.78. The normalized spacial score (nSPS) is 17.8. The van der Waals surface area contributed by atoms with E-state index in [2.05, 4.69) is 0 Å². The van der Waals surface area contributed by atoms with Crippen LogP contribution in [-0.2, 0) is 29.4 Å². The summed E-state index contributed by atoms with van der Waals surface area (Å²) in [4.78, 5) is 26.0. The highest BCUT2D eigenvalue weighted by Crippen LogP contribution is 2.49. The molecule has 1 aliphatic heterocycles. The minimum Gasteiger partial charge on any atom is -0.427 e. The number of likely N-dealkylation sites (tertiary alicyclic amines) is 1. The van der Waals surface area contributed by atoms with Gasteiger partial charge in [0.2, 0.25) is 15.7 Å². The highest BCUT2D eigenvalue weighted by Gasteiger charge is 2.64. The van der Waals surface area contributed by atoms with Crippen LogP contribution in [0.5, 0.6) is 0 Å². The second kappa shape index (κ2) is 9.14. The molecule has 0 saturated carbocycles. The minimum atomic E-state index is -4.19. The quantitative estimate of drug-likeness (QED) is 0.559. The number of rotatable bonds is 8. The van der Waals surface area contributed by atoms with Gasteiger partial charge in [-0.15, -0.1) is 0 Å². The lowest BCUT2D eigenvalue weighted by atomic mass is 9.74. The third-order valence-corrected chi connectivity index (χ3v) is 9.50. The average molecular weight is 495 g/mol. The lowest BCUT2D eigenvalue weighted by Gasteiger charge is -2.54. The maximum absolute atomic E-state index is 13.3. The zero-order chi connectivity index (χ0) is 24.4. The van der Waals surface area contributed by atoms with Crippen molar-refractivity contribution in [2.24, 2.45) is 5.41 Å². The standard InChI is InChI=1S/C22H26N2O7S2/c1-4-22(5-2)19(25)24(20(22)32(27,28)17-9-7-6-8-10-17)15-31-21(26)23-33(29,30)18-13-11-16(3)12-14-18/h6-14,20H,4-5,15H2,1-3H3,(H,23,26). The Morgan fingerprint density at radius 2 is 1.55 bits per heavy atom. The Morgan fingerprint density at radius 3 is 2.09 bits per heavy atom. The zero-order valence-electron chi connectivity index (χ0n) is 18.5. The van der Waals surface area contributed by atoms with E-state index in [1.807, 2.05) is 0 Å². The summed E-state index contributed by atoms with van der Waals surface area (Å²) >= 11 is 0. The Morgan fingerprint density at radius 1 is 0.970 bits per heavy atom. The molecule has 9 nitrogen and oxygen atoms in total. The largest absolute Gasteiger partial charge is 0.427 e. The maximum Gasteiger partial charge on any atom is 0.422 e. The number of carbonyl (C=O) groups excluding carboxylic acids is 2. The Balaban J connectivity index is 1.78. The van der Waals surface area contributed by atoms with Gasteiger partial charge in [0.25, 0.3) is 10.0 Å². The molecular weight excluding hydrogens is 468 g/mol. The van der Waals surface area contributed by atoms with E-state index in [4.69, 9.17) is 4.74 Å². The minimum absolute atomic E-state index is 0.0465. The van der Waals surface area contributed by atoms with Crippen molar-refractivity contribution in [2.75, 3.05) is 6.73 Å². The molecule has 11 heteroatoms. The molecule has 1 aliphatic rings. The Hall–Kier alpha value is -2.92. The molecule has 2 amide bonds. The lowest BCUT2D eigenvalue weighted by molar-refractivity contribution is -0.172. The molecule has 0 aromatic heterocycles. The number of sulfonamides is 1. The second-order valence-electron chi connectivity index (χ2n) is 7.83. The number of hydrogen-bond donors (Lipinski definition) is 1. The fourth-order valence-electron chi connectivity index (χ4n) is 4.01. The van der Waals surface area contributed by atoms with E-state index >= 15 is 0 Å². The van der Waals surface area contributed by atoms with Crippen LogP contribution in [0.2, 0.25) is 0 Å². The SMILES string of the molecule is CCC1(CC)C(=O)N(COC(=O)NS(=O)(=O)c2ccc(C)cc2)C1S(=O)(=O)c1ccccc1. The van der Waals surface area contributed by atoms with Crippen molar-refractivity contribution in [3.8, 4) is 0 Å². The number of nitrogens with one attached hydrogen (secondary N) is 1. The number of nitrogens with zero attached hydrogens (tertiary/aromatic N) is 1. The van der Waals surface area contributed by atoms with Crippen LogP contribution in [0.1, 0.15) is 32.3 Å². The molecule has 2 aromatic carbocycles. The molecule has 1 heterocycles. The number of β-lactam (4-membered cyclic amide) rings is 1. The number of carbonyl (C=O) groups is 2. The van der Waals surface area contributed by atoms with Crippen molar-refractivity contribution in [1.82, 2.24) is 9.62 Å². The summed E-state index contributed by atoms with van der Waals surface area (Å²) in [6.45, 7) is 4.54. The topological polar surface area (TPSA) is 127 Å². The van der Waals surface area contributed by atoms with Crippen LogP contribution in [-0.4, -0.2) is 45.8 Å². The monoisotopic (exact) mass is 494 g/mol. The van der Waals surface area contributed by atoms with Crippen LogP contribution in [0, 0.1) is 12.3 Å². The molecule has 178 valence electrons. The van der Waals surface area contributed by atoms with Gasteiger partial charge in [-0.1, -0.05) is 49.7 Å². The fraction of sp³-hybridized carbons (Fsp3) is 0.364. The van der Waals surface area contributed by atoms with Gasteiger partial charge in [-0.3, -0.25) is 9.69 Å². The number of benzene rings is 2. The molecule has 0 radical (unpaired) electrons. The number of sulfone groups is 1. The smallest absolute Gasteiger partial charge is 0.422 e. The number of hydrogen-bond acceptors (Lipinski definition) is 7. The highest BCUT2D eigenvalue weighted by molar-refractivity contribution is 7.92. The molecule has 3 rings (SSSR count). The predicted molar refractivity (Wildman–Crippen MR) is 120 cm³/mol. The van der Waals surface area contributed by atoms with Crippen LogP contribution in [0.25, 0.3) is 0 Å². The predicted octanol–water partition coefficient (Wildman–Crippen LogP) is 2.82. The fourth-order valence-corrected chi connectivity index (χ4v) is 7.21. The lowest BCUT2D eigenvalue weighted by Crippen LogP contribution is -2.71. The summed E-state index contributed by atoms with van der Waals surface area (Å²) in [6, 6.07) is 13.5. The van der Waals surface area contributed by atoms with Crippen molar-refractivity contribution >= 4 is 31.9 Å². The van der Waals surface area contributed by atoms with Gasteiger partial charge in [0.15, 0.2) is 12.1 Å². The number of amides is 2. The first-order valence-corrected chi connectivity index (χ1v) is 13.4. The van der Waals surface area contributed by atoms with Crippen molar-refractivity contribution in [2.45, 2.75) is 48.8 Å². The second-order valence-corrected chi connectivity index (χ2v) is 11.5. The van der Waals surface area contributed by atoms with Crippen LogP contribution >= 0.6 is 0 Å². The van der Waals surface area contributed by atoms with Gasteiger partial charge < -0.3 is 4.74 Å². The third kappa shape index (κ3) is 4.47. The van der Waals surface area contributed by atoms with Gasteiger partial charge in [-0.25, -0.2) is 26.4 Å². The molecule has 1 atom stereocenters. The third-order valence-electron chi connectivity index (χ3n) is 5.95. The van der Waals surface area contributed by atoms with Crippen LogP contribution in [0.4, 0.5) is 4.79 Å². The molecule has 1 unspecified atom stereocenters. The summed E-state index contributed by atoms with van der Waals surface area (Å²) in [7, 11) is -8.16. The first-order chi connectivity index (χ1) is 15.5. The van der Waals surface area contributed by atoms with Crippen LogP contribution < -0.4 is 4.72 Å². The van der Waals surface area contributed by atoms with E-state index in [0.717, 1.165) is 10.5 Å². The van der Waals surface area contributed by atoms with Crippen molar-refractivity contribution < 1.29 is 31.2 Å². The molecule has 0 bridgehead atoms. The van der Waals surface area contributed by atoms with E-state index in [1.165, 1.54) is 24.3 Å². The maximum atomic E-state index is 13.3. The summed E-state index contributed by atoms with van der Waals surface area (Å²) in [5.74, 6) is -0.466. The number of aryl methyl sites for hydroxylation is 1. The van der Waals surface area contributed by atoms with Gasteiger partial charge >= 0.3 is 6.09 Å². The summed E-state index contributed by atoms with van der Waals surface area (Å²) in [5.41, 5.74) is -0.309. The molecule has 0 spiro atoms. The van der Waals surface area contributed by atoms with Crippen molar-refractivity contribution in [3.05, 3.63) is 60.2 Å². The molecule has 33 heavy (non-hydrogen) atoms. The molecule has 1 saturated heterocycles. The Kier molecular flexibility index (Phi) is 6.85. The van der Waals surface area contributed by atoms with Crippen molar-refractivity contribution in [1.29, 1.82) is 0 Å². The molecule has 1 N–H and O–H groups in total. The van der Waals surface area contributed by atoms with Gasteiger partial charge in [-0.2, -0.15) is 0 Å². The van der Waals surface area contributed by atoms with Crippen LogP contribution in [0.3, 0.4) is 0 Å². The summed E-state index contributed by atoms with van der Waals surface area (Å²) in [5, 5.41) is -1.24. The van der Waals surface area contributed by atoms with E-state index in [9.17, 15) is 26.4 Å². The van der Waals surface area contributed by atoms with Crippen LogP contribution in [0.15, 0.2) is 64.4 Å². The van der Waals surface area contributed by atoms with E-state index in [1.54, 1.807) is 55.8 Å². The summed E-state index contributed by atoms with van der Waals surface area (Å²) < 4.78 is 58.1. The van der Waals surface area contributed by atoms with Gasteiger partial charge in [0.05, 0.1) is 15.2 Å². The Bertz CT molecular complexity index is 1240.